The van der Waals surface area contributed by atoms with E-state index in [1.807, 2.05) is 31.2 Å². The molecule has 1 aromatic rings. The van der Waals surface area contributed by atoms with Gasteiger partial charge in [-0.25, -0.2) is 0 Å². The molecule has 3 N–H and O–H groups in total. The molecule has 0 saturated heterocycles. The molecule has 3 nitrogen and oxygen atoms in total. The number of amides is 1. The summed E-state index contributed by atoms with van der Waals surface area (Å²) in [6.45, 7) is 4.79. The highest BCUT2D eigenvalue weighted by Gasteiger charge is 2.08. The van der Waals surface area contributed by atoms with Crippen LogP contribution in [-0.4, -0.2) is 18.5 Å². The third kappa shape index (κ3) is 4.57. The Morgan fingerprint density at radius 1 is 1.35 bits per heavy atom. The molecule has 94 valence electrons. The first-order valence-electron chi connectivity index (χ1n) is 6.27. The Hall–Kier alpha value is -1.35. The van der Waals surface area contributed by atoms with Crippen molar-refractivity contribution in [1.82, 2.24) is 5.32 Å². The van der Waals surface area contributed by atoms with Gasteiger partial charge in [-0.3, -0.25) is 4.79 Å². The maximum atomic E-state index is 11.9. The lowest BCUT2D eigenvalue weighted by Gasteiger charge is -2.12. The third-order valence-corrected chi connectivity index (χ3v) is 2.75. The van der Waals surface area contributed by atoms with Crippen LogP contribution in [0.15, 0.2) is 24.3 Å². The zero-order chi connectivity index (χ0) is 12.7. The first-order chi connectivity index (χ1) is 8.17. The van der Waals surface area contributed by atoms with Crippen molar-refractivity contribution in [3.63, 3.8) is 0 Å². The molecule has 1 unspecified atom stereocenters. The molecule has 1 amide bonds. The summed E-state index contributed by atoms with van der Waals surface area (Å²) in [5, 5.41) is 2.98. The van der Waals surface area contributed by atoms with Gasteiger partial charge in [0.05, 0.1) is 0 Å². The van der Waals surface area contributed by atoms with Gasteiger partial charge in [0.1, 0.15) is 0 Å². The van der Waals surface area contributed by atoms with Crippen molar-refractivity contribution in [2.45, 2.75) is 39.2 Å². The normalized spacial score (nSPS) is 12.2. The Kier molecular flexibility index (Phi) is 5.70. The summed E-state index contributed by atoms with van der Waals surface area (Å²) < 4.78 is 0. The second kappa shape index (κ2) is 7.07. The van der Waals surface area contributed by atoms with Crippen molar-refractivity contribution >= 4 is 5.91 Å². The molecule has 0 spiro atoms. The molecule has 1 aromatic carbocycles. The zero-order valence-corrected chi connectivity index (χ0v) is 10.7. The number of rotatable bonds is 6. The quantitative estimate of drug-likeness (QED) is 0.792. The average Bonchev–Trinajstić information content (AvgIpc) is 2.30. The lowest BCUT2D eigenvalue weighted by Crippen LogP contribution is -2.32. The SMILES string of the molecule is CCCC(C)NC(=O)c1ccc(CCN)cc1. The molecule has 0 bridgehead atoms. The Labute approximate surface area is 103 Å². The van der Waals surface area contributed by atoms with Gasteiger partial charge < -0.3 is 11.1 Å². The van der Waals surface area contributed by atoms with Gasteiger partial charge in [-0.1, -0.05) is 25.5 Å². The van der Waals surface area contributed by atoms with E-state index in [0.717, 1.165) is 19.3 Å². The van der Waals surface area contributed by atoms with E-state index >= 15 is 0 Å². The van der Waals surface area contributed by atoms with Gasteiger partial charge in [-0.05, 0) is 44.0 Å². The van der Waals surface area contributed by atoms with E-state index in [1.54, 1.807) is 0 Å². The minimum Gasteiger partial charge on any atom is -0.350 e. The van der Waals surface area contributed by atoms with E-state index in [1.165, 1.54) is 5.56 Å². The van der Waals surface area contributed by atoms with Crippen LogP contribution in [0.2, 0.25) is 0 Å². The largest absolute Gasteiger partial charge is 0.350 e. The molecule has 0 aliphatic rings. The summed E-state index contributed by atoms with van der Waals surface area (Å²) in [4.78, 5) is 11.9. The van der Waals surface area contributed by atoms with Gasteiger partial charge in [0.25, 0.3) is 5.91 Å². The fraction of sp³-hybridized carbons (Fsp3) is 0.500. The molecule has 3 heteroatoms. The maximum Gasteiger partial charge on any atom is 0.251 e. The molecule has 0 aliphatic heterocycles. The van der Waals surface area contributed by atoms with Gasteiger partial charge in [0.2, 0.25) is 0 Å². The highest BCUT2D eigenvalue weighted by Crippen LogP contribution is 2.06. The number of carbonyl (C=O) groups is 1. The minimum atomic E-state index is 0.00486. The predicted molar refractivity (Wildman–Crippen MR) is 71.0 cm³/mol. The Morgan fingerprint density at radius 3 is 2.53 bits per heavy atom. The van der Waals surface area contributed by atoms with E-state index in [4.69, 9.17) is 5.73 Å². The first-order valence-corrected chi connectivity index (χ1v) is 6.27. The van der Waals surface area contributed by atoms with Crippen LogP contribution in [0.5, 0.6) is 0 Å². The fourth-order valence-corrected chi connectivity index (χ4v) is 1.80. The van der Waals surface area contributed by atoms with Crippen molar-refractivity contribution in [1.29, 1.82) is 0 Å². The van der Waals surface area contributed by atoms with E-state index in [0.29, 0.717) is 12.1 Å². The van der Waals surface area contributed by atoms with Crippen LogP contribution in [0.25, 0.3) is 0 Å². The van der Waals surface area contributed by atoms with Crippen LogP contribution in [0.4, 0.5) is 0 Å². The molecular weight excluding hydrogens is 212 g/mol. The first kappa shape index (κ1) is 13.7. The lowest BCUT2D eigenvalue weighted by molar-refractivity contribution is 0.0938. The third-order valence-electron chi connectivity index (χ3n) is 2.75. The molecule has 1 atom stereocenters. The summed E-state index contributed by atoms with van der Waals surface area (Å²) in [7, 11) is 0. The molecule has 0 fully saturated rings. The Balaban J connectivity index is 2.57. The topological polar surface area (TPSA) is 55.1 Å². The molecule has 0 aromatic heterocycles. The molecule has 1 rings (SSSR count). The van der Waals surface area contributed by atoms with Gasteiger partial charge in [-0.15, -0.1) is 0 Å². The summed E-state index contributed by atoms with van der Waals surface area (Å²) in [5.74, 6) is 0.00486. The monoisotopic (exact) mass is 234 g/mol. The number of nitrogens with two attached hydrogens (primary N) is 1. The van der Waals surface area contributed by atoms with E-state index < -0.39 is 0 Å². The van der Waals surface area contributed by atoms with Crippen LogP contribution >= 0.6 is 0 Å². The molecule has 0 radical (unpaired) electrons. The van der Waals surface area contributed by atoms with E-state index in [2.05, 4.69) is 12.2 Å². The van der Waals surface area contributed by atoms with Gasteiger partial charge >= 0.3 is 0 Å². The van der Waals surface area contributed by atoms with Gasteiger partial charge in [0.15, 0.2) is 0 Å². The Bertz CT molecular complexity index is 346. The van der Waals surface area contributed by atoms with Crippen LogP contribution in [0, 0.1) is 0 Å². The van der Waals surface area contributed by atoms with E-state index in [-0.39, 0.29) is 11.9 Å². The summed E-state index contributed by atoms with van der Waals surface area (Å²) in [5.41, 5.74) is 7.37. The molecule has 0 aliphatic carbocycles. The number of nitrogens with one attached hydrogen (secondary N) is 1. The second-order valence-electron chi connectivity index (χ2n) is 4.40. The van der Waals surface area contributed by atoms with Crippen LogP contribution in [0.3, 0.4) is 0 Å². The van der Waals surface area contributed by atoms with Crippen molar-refractivity contribution in [3.8, 4) is 0 Å². The van der Waals surface area contributed by atoms with E-state index in [9.17, 15) is 4.79 Å². The minimum absolute atomic E-state index is 0.00486. The summed E-state index contributed by atoms with van der Waals surface area (Å²) in [6.07, 6.45) is 2.95. The number of hydrogen-bond donors (Lipinski definition) is 2. The molecule has 17 heavy (non-hydrogen) atoms. The van der Waals surface area contributed by atoms with Crippen molar-refractivity contribution in [2.24, 2.45) is 5.73 Å². The zero-order valence-electron chi connectivity index (χ0n) is 10.7. The van der Waals surface area contributed by atoms with Gasteiger partial charge in [-0.2, -0.15) is 0 Å². The van der Waals surface area contributed by atoms with Crippen LogP contribution in [-0.2, 0) is 6.42 Å². The predicted octanol–water partition coefficient (Wildman–Crippen LogP) is 2.11. The number of carbonyl (C=O) groups excluding carboxylic acids is 1. The Morgan fingerprint density at radius 2 is 2.00 bits per heavy atom. The van der Waals surface area contributed by atoms with Crippen molar-refractivity contribution in [3.05, 3.63) is 35.4 Å². The lowest BCUT2D eigenvalue weighted by atomic mass is 10.1. The number of benzene rings is 1. The maximum absolute atomic E-state index is 11.9. The highest BCUT2D eigenvalue weighted by molar-refractivity contribution is 5.94. The highest BCUT2D eigenvalue weighted by atomic mass is 16.1. The smallest absolute Gasteiger partial charge is 0.251 e. The van der Waals surface area contributed by atoms with Gasteiger partial charge in [0, 0.05) is 11.6 Å². The van der Waals surface area contributed by atoms with Crippen molar-refractivity contribution in [2.75, 3.05) is 6.54 Å². The molecule has 0 saturated carbocycles. The van der Waals surface area contributed by atoms with Crippen molar-refractivity contribution < 1.29 is 4.79 Å². The number of hydrogen-bond acceptors (Lipinski definition) is 2. The summed E-state index contributed by atoms with van der Waals surface area (Å²) in [6, 6.07) is 7.88. The molecular formula is C14H22N2O. The standard InChI is InChI=1S/C14H22N2O/c1-3-4-11(2)16-14(17)13-7-5-12(6-8-13)9-10-15/h5-8,11H,3-4,9-10,15H2,1-2H3,(H,16,17). The summed E-state index contributed by atoms with van der Waals surface area (Å²) >= 11 is 0. The molecule has 0 heterocycles. The fourth-order valence-electron chi connectivity index (χ4n) is 1.80. The average molecular weight is 234 g/mol. The van der Waals surface area contributed by atoms with Crippen LogP contribution < -0.4 is 11.1 Å². The van der Waals surface area contributed by atoms with Crippen LogP contribution in [0.1, 0.15) is 42.6 Å². The second-order valence-corrected chi connectivity index (χ2v) is 4.40.